The third-order valence-electron chi connectivity index (χ3n) is 6.57. The highest BCUT2D eigenvalue weighted by Gasteiger charge is 2.39. The summed E-state index contributed by atoms with van der Waals surface area (Å²) in [6.45, 7) is 3.83. The number of aromatic nitrogens is 2. The average molecular weight is 447 g/mol. The summed E-state index contributed by atoms with van der Waals surface area (Å²) in [6.07, 6.45) is 8.99. The van der Waals surface area contributed by atoms with Crippen LogP contribution in [0.25, 0.3) is 11.3 Å². The number of carbonyl (C=O) groups is 1. The van der Waals surface area contributed by atoms with Gasteiger partial charge in [0.2, 0.25) is 0 Å². The Morgan fingerprint density at radius 2 is 2.09 bits per heavy atom. The maximum absolute atomic E-state index is 13.0. The lowest BCUT2D eigenvalue weighted by Gasteiger charge is -2.13. The van der Waals surface area contributed by atoms with E-state index in [0.717, 1.165) is 21.7 Å². The van der Waals surface area contributed by atoms with Gasteiger partial charge in [-0.05, 0) is 74.4 Å². The molecule has 1 aromatic carbocycles. The van der Waals surface area contributed by atoms with Crippen LogP contribution in [-0.4, -0.2) is 15.5 Å². The van der Waals surface area contributed by atoms with Gasteiger partial charge in [0.15, 0.2) is 5.82 Å². The van der Waals surface area contributed by atoms with E-state index in [1.807, 2.05) is 32.0 Å². The third-order valence-corrected chi connectivity index (χ3v) is 7.89. The molecule has 0 saturated heterocycles. The molecule has 0 spiro atoms. The fourth-order valence-corrected chi connectivity index (χ4v) is 6.19. The molecule has 0 radical (unpaired) electrons. The summed E-state index contributed by atoms with van der Waals surface area (Å²) in [6, 6.07) is 7.86. The summed E-state index contributed by atoms with van der Waals surface area (Å²) >= 11 is 1.65. The van der Waals surface area contributed by atoms with E-state index < -0.39 is 0 Å². The number of hydrogen-bond donors (Lipinski definition) is 2. The number of carbonyl (C=O) groups excluding carboxylic acids is 1. The van der Waals surface area contributed by atoms with Crippen LogP contribution in [0.15, 0.2) is 47.5 Å². The second kappa shape index (κ2) is 8.06. The molecule has 1 fully saturated rings. The molecule has 2 N–H and O–H groups in total. The predicted molar refractivity (Wildman–Crippen MR) is 130 cm³/mol. The normalized spacial score (nSPS) is 18.8. The van der Waals surface area contributed by atoms with Crippen LogP contribution in [0.3, 0.4) is 0 Å². The largest absolute Gasteiger partial charge is 0.342 e. The molecule has 2 bridgehead atoms. The lowest BCUT2D eigenvalue weighted by molar-refractivity contribution is 0.103. The Morgan fingerprint density at radius 1 is 1.28 bits per heavy atom. The first kappa shape index (κ1) is 20.7. The van der Waals surface area contributed by atoms with E-state index >= 15 is 0 Å². The number of nitrogens with zero attached hydrogens (tertiary/aromatic N) is 2. The van der Waals surface area contributed by atoms with Gasteiger partial charge in [0.05, 0.1) is 10.6 Å². The fourth-order valence-electron chi connectivity index (χ4n) is 4.90. The van der Waals surface area contributed by atoms with Crippen LogP contribution in [0.4, 0.5) is 11.5 Å². The smallest absolute Gasteiger partial charge is 0.293 e. The van der Waals surface area contributed by atoms with Crippen molar-refractivity contribution >= 4 is 28.7 Å². The van der Waals surface area contributed by atoms with Crippen molar-refractivity contribution in [3.63, 3.8) is 0 Å². The first-order valence-electron chi connectivity index (χ1n) is 11.0. The van der Waals surface area contributed by atoms with Crippen LogP contribution in [0, 0.1) is 6.92 Å². The number of thiophene rings is 1. The number of benzene rings is 1. The van der Waals surface area contributed by atoms with Crippen molar-refractivity contribution in [3.05, 3.63) is 74.0 Å². The lowest BCUT2D eigenvalue weighted by Crippen LogP contribution is -2.21. The van der Waals surface area contributed by atoms with Gasteiger partial charge in [-0.2, -0.15) is 0 Å². The molecule has 0 aliphatic heterocycles. The molecule has 3 aromatic rings. The molecule has 1 saturated carbocycles. The Bertz CT molecular complexity index is 1280. The number of hydrogen-bond acceptors (Lipinski definition) is 5. The summed E-state index contributed by atoms with van der Waals surface area (Å²) in [5.41, 5.74) is 4.40. The molecule has 7 heteroatoms. The summed E-state index contributed by atoms with van der Waals surface area (Å²) in [4.78, 5) is 32.2. The summed E-state index contributed by atoms with van der Waals surface area (Å²) in [5.74, 6) is 1.51. The number of allylic oxidation sites excluding steroid dienone is 1. The summed E-state index contributed by atoms with van der Waals surface area (Å²) < 4.78 is 1.51. The standard InChI is InChI=1S/C25H26N4O2S/c1-4-10-26-23-25(31)29(3)13-20(27-23)17-6-5-7-19(14(17)2)28-24(30)21-12-18-15-8-9-16(11-15)22(18)32-21/h4-7,10,12-13,15-16H,8-9,11H2,1-3H3,(H,26,27)(H,28,30)/b10-4+. The first-order chi connectivity index (χ1) is 15.5. The molecule has 2 aliphatic carbocycles. The van der Waals surface area contributed by atoms with E-state index in [-0.39, 0.29) is 17.3 Å². The maximum Gasteiger partial charge on any atom is 0.293 e. The molecule has 2 heterocycles. The van der Waals surface area contributed by atoms with Crippen LogP contribution in [0.2, 0.25) is 0 Å². The van der Waals surface area contributed by atoms with E-state index in [1.54, 1.807) is 36.9 Å². The molecular weight excluding hydrogens is 420 g/mol. The minimum absolute atomic E-state index is 0.0621. The van der Waals surface area contributed by atoms with E-state index in [4.69, 9.17) is 0 Å². The van der Waals surface area contributed by atoms with Crippen LogP contribution >= 0.6 is 11.3 Å². The van der Waals surface area contributed by atoms with Crippen molar-refractivity contribution in [2.75, 3.05) is 10.6 Å². The van der Waals surface area contributed by atoms with Gasteiger partial charge in [-0.25, -0.2) is 4.98 Å². The maximum atomic E-state index is 13.0. The number of fused-ring (bicyclic) bond motifs is 5. The Balaban J connectivity index is 1.44. The van der Waals surface area contributed by atoms with Crippen LogP contribution in [-0.2, 0) is 7.05 Å². The van der Waals surface area contributed by atoms with Crippen molar-refractivity contribution in [2.24, 2.45) is 7.05 Å². The van der Waals surface area contributed by atoms with Crippen molar-refractivity contribution in [3.8, 4) is 11.3 Å². The van der Waals surface area contributed by atoms with Crippen molar-refractivity contribution in [1.29, 1.82) is 0 Å². The molecule has 2 unspecified atom stereocenters. The van der Waals surface area contributed by atoms with Gasteiger partial charge in [-0.3, -0.25) is 9.59 Å². The minimum Gasteiger partial charge on any atom is -0.342 e. The van der Waals surface area contributed by atoms with E-state index in [1.165, 1.54) is 34.3 Å². The second-order valence-electron chi connectivity index (χ2n) is 8.60. The predicted octanol–water partition coefficient (Wildman–Crippen LogP) is 5.38. The molecular formula is C25H26N4O2S. The van der Waals surface area contributed by atoms with Crippen LogP contribution in [0.1, 0.15) is 63.7 Å². The number of rotatable bonds is 5. The van der Waals surface area contributed by atoms with Crippen molar-refractivity contribution in [1.82, 2.24) is 9.55 Å². The molecule has 2 aliphatic rings. The highest BCUT2D eigenvalue weighted by molar-refractivity contribution is 7.14. The Kier molecular flexibility index (Phi) is 5.21. The van der Waals surface area contributed by atoms with Crippen LogP contribution < -0.4 is 16.2 Å². The average Bonchev–Trinajstić information content (AvgIpc) is 3.50. The van der Waals surface area contributed by atoms with Gasteiger partial charge >= 0.3 is 0 Å². The second-order valence-corrected chi connectivity index (χ2v) is 9.69. The molecule has 2 aromatic heterocycles. The fraction of sp³-hybridized carbons (Fsp3) is 0.320. The molecule has 164 valence electrons. The summed E-state index contributed by atoms with van der Waals surface area (Å²) in [5, 5.41) is 6.04. The van der Waals surface area contributed by atoms with E-state index in [2.05, 4.69) is 21.7 Å². The molecule has 1 amide bonds. The number of anilines is 2. The van der Waals surface area contributed by atoms with E-state index in [9.17, 15) is 9.59 Å². The Labute approximate surface area is 191 Å². The monoisotopic (exact) mass is 446 g/mol. The lowest BCUT2D eigenvalue weighted by atomic mass is 9.99. The van der Waals surface area contributed by atoms with Gasteiger partial charge < -0.3 is 15.2 Å². The number of aryl methyl sites for hydroxylation is 1. The molecule has 6 nitrogen and oxygen atoms in total. The zero-order valence-electron chi connectivity index (χ0n) is 18.4. The third kappa shape index (κ3) is 3.46. The highest BCUT2D eigenvalue weighted by atomic mass is 32.1. The number of nitrogens with one attached hydrogen (secondary N) is 2. The summed E-state index contributed by atoms with van der Waals surface area (Å²) in [7, 11) is 1.71. The van der Waals surface area contributed by atoms with Gasteiger partial charge in [0, 0.05) is 29.4 Å². The van der Waals surface area contributed by atoms with Crippen molar-refractivity contribution in [2.45, 2.75) is 44.9 Å². The Morgan fingerprint density at radius 3 is 2.88 bits per heavy atom. The SMILES string of the molecule is C/C=C/Nc1nc(-c2cccc(NC(=O)c3cc4c(s3)C3CCC4C3)c2C)cn(C)c1=O. The van der Waals surface area contributed by atoms with Crippen molar-refractivity contribution < 1.29 is 4.79 Å². The minimum atomic E-state index is -0.200. The van der Waals surface area contributed by atoms with Crippen LogP contribution in [0.5, 0.6) is 0 Å². The zero-order chi connectivity index (χ0) is 22.4. The molecule has 32 heavy (non-hydrogen) atoms. The van der Waals surface area contributed by atoms with Gasteiger partial charge in [-0.15, -0.1) is 11.3 Å². The highest BCUT2D eigenvalue weighted by Crippen LogP contribution is 2.55. The van der Waals surface area contributed by atoms with Gasteiger partial charge in [-0.1, -0.05) is 18.2 Å². The first-order valence-corrected chi connectivity index (χ1v) is 11.8. The zero-order valence-corrected chi connectivity index (χ0v) is 19.3. The number of amides is 1. The quantitative estimate of drug-likeness (QED) is 0.552. The Hall–Kier alpha value is -3.19. The molecule has 5 rings (SSSR count). The molecule has 2 atom stereocenters. The topological polar surface area (TPSA) is 76.0 Å². The van der Waals surface area contributed by atoms with Gasteiger partial charge in [0.1, 0.15) is 0 Å². The van der Waals surface area contributed by atoms with Gasteiger partial charge in [0.25, 0.3) is 11.5 Å². The van der Waals surface area contributed by atoms with E-state index in [0.29, 0.717) is 17.5 Å².